The first kappa shape index (κ1) is 21.5. The zero-order valence-corrected chi connectivity index (χ0v) is 17.6. The normalized spacial score (nSPS) is 20.6. The van der Waals surface area contributed by atoms with Crippen molar-refractivity contribution < 1.29 is 17.9 Å². The van der Waals surface area contributed by atoms with Gasteiger partial charge in [-0.2, -0.15) is 0 Å². The van der Waals surface area contributed by atoms with Crippen molar-refractivity contribution in [1.29, 1.82) is 0 Å². The number of amides is 1. The maximum atomic E-state index is 12.6. The molecule has 0 saturated carbocycles. The average molecular weight is 398 g/mol. The van der Waals surface area contributed by atoms with E-state index in [1.807, 2.05) is 51.0 Å². The van der Waals surface area contributed by atoms with Crippen LogP contribution in [0.2, 0.25) is 0 Å². The van der Waals surface area contributed by atoms with Gasteiger partial charge in [0.15, 0.2) is 0 Å². The third kappa shape index (κ3) is 6.39. The Balaban J connectivity index is 2.31. The molecule has 1 N–H and O–H groups in total. The Bertz CT molecular complexity index is 749. The molecule has 0 bridgehead atoms. The third-order valence-corrected chi connectivity index (χ3v) is 5.32. The lowest BCUT2D eigenvalue weighted by Crippen LogP contribution is -2.58. The summed E-state index contributed by atoms with van der Waals surface area (Å²) in [4.78, 5) is 16.3. The molecular weight excluding hydrogens is 366 g/mol. The molecule has 1 saturated heterocycles. The first-order valence-electron chi connectivity index (χ1n) is 9.27. The van der Waals surface area contributed by atoms with Crippen molar-refractivity contribution in [3.8, 4) is 0 Å². The van der Waals surface area contributed by atoms with Crippen LogP contribution in [0.4, 0.5) is 10.5 Å². The Hall–Kier alpha value is -1.80. The Morgan fingerprint density at radius 1 is 1.37 bits per heavy atom. The second-order valence-corrected chi connectivity index (χ2v) is 9.38. The van der Waals surface area contributed by atoms with Gasteiger partial charge in [-0.25, -0.2) is 17.9 Å². The maximum Gasteiger partial charge on any atom is 0.410 e. The van der Waals surface area contributed by atoms with Crippen LogP contribution in [0.5, 0.6) is 0 Å². The monoisotopic (exact) mass is 397 g/mol. The molecule has 8 heteroatoms. The van der Waals surface area contributed by atoms with E-state index in [9.17, 15) is 13.2 Å². The number of rotatable bonds is 6. The summed E-state index contributed by atoms with van der Waals surface area (Å²) in [6, 6.07) is 7.43. The number of anilines is 1. The average Bonchev–Trinajstić information content (AvgIpc) is 2.54. The number of nitrogens with zero attached hydrogens (tertiary/aromatic N) is 2. The van der Waals surface area contributed by atoms with Gasteiger partial charge in [0, 0.05) is 32.4 Å². The van der Waals surface area contributed by atoms with Gasteiger partial charge in [-0.1, -0.05) is 12.1 Å². The molecule has 27 heavy (non-hydrogen) atoms. The SMILES string of the molecule is CC(C)OC(=O)N1CCCC(NS(C)(=O)=O)C1Cc1cccc(N(C)C)c1. The van der Waals surface area contributed by atoms with Crippen molar-refractivity contribution in [1.82, 2.24) is 9.62 Å². The largest absolute Gasteiger partial charge is 0.447 e. The fraction of sp³-hybridized carbons (Fsp3) is 0.632. The van der Waals surface area contributed by atoms with Gasteiger partial charge in [-0.05, 0) is 50.8 Å². The minimum Gasteiger partial charge on any atom is -0.447 e. The van der Waals surface area contributed by atoms with Crippen molar-refractivity contribution in [2.24, 2.45) is 0 Å². The van der Waals surface area contributed by atoms with Crippen molar-refractivity contribution in [2.75, 3.05) is 31.8 Å². The zero-order chi connectivity index (χ0) is 20.2. The molecule has 1 aliphatic rings. The number of sulfonamides is 1. The van der Waals surface area contributed by atoms with Crippen LogP contribution in [0, 0.1) is 0 Å². The summed E-state index contributed by atoms with van der Waals surface area (Å²) in [7, 11) is 0.565. The van der Waals surface area contributed by atoms with Crippen LogP contribution in [-0.4, -0.2) is 64.5 Å². The fourth-order valence-electron chi connectivity index (χ4n) is 3.42. The summed E-state index contributed by atoms with van der Waals surface area (Å²) in [5, 5.41) is 0. The number of carbonyl (C=O) groups excluding carboxylic acids is 1. The zero-order valence-electron chi connectivity index (χ0n) is 16.8. The van der Waals surface area contributed by atoms with Gasteiger partial charge >= 0.3 is 6.09 Å². The fourth-order valence-corrected chi connectivity index (χ4v) is 4.25. The molecule has 0 radical (unpaired) electrons. The van der Waals surface area contributed by atoms with Gasteiger partial charge < -0.3 is 14.5 Å². The Morgan fingerprint density at radius 2 is 2.07 bits per heavy atom. The van der Waals surface area contributed by atoms with Crippen molar-refractivity contribution in [2.45, 2.75) is 51.3 Å². The van der Waals surface area contributed by atoms with E-state index in [2.05, 4.69) is 10.8 Å². The molecule has 1 amide bonds. The maximum absolute atomic E-state index is 12.6. The molecule has 0 spiro atoms. The van der Waals surface area contributed by atoms with Gasteiger partial charge in [0.1, 0.15) is 0 Å². The number of ether oxygens (including phenoxy) is 1. The third-order valence-electron chi connectivity index (χ3n) is 4.59. The summed E-state index contributed by atoms with van der Waals surface area (Å²) in [5.74, 6) is 0. The van der Waals surface area contributed by atoms with Crippen LogP contribution < -0.4 is 9.62 Å². The van der Waals surface area contributed by atoms with E-state index >= 15 is 0 Å². The molecule has 1 aliphatic heterocycles. The molecule has 2 unspecified atom stereocenters. The molecular formula is C19H31N3O4S. The molecule has 0 aliphatic carbocycles. The van der Waals surface area contributed by atoms with Crippen LogP contribution in [0.3, 0.4) is 0 Å². The topological polar surface area (TPSA) is 79.0 Å². The molecule has 1 aromatic rings. The first-order valence-corrected chi connectivity index (χ1v) is 11.2. The molecule has 1 fully saturated rings. The molecule has 1 heterocycles. The Labute approximate surface area is 162 Å². The summed E-state index contributed by atoms with van der Waals surface area (Å²) >= 11 is 0. The number of nitrogens with one attached hydrogen (secondary N) is 1. The molecule has 2 atom stereocenters. The van der Waals surface area contributed by atoms with Crippen molar-refractivity contribution in [3.05, 3.63) is 29.8 Å². The first-order chi connectivity index (χ1) is 12.6. The highest BCUT2D eigenvalue weighted by atomic mass is 32.2. The lowest BCUT2D eigenvalue weighted by molar-refractivity contribution is 0.0461. The number of benzene rings is 1. The van der Waals surface area contributed by atoms with Crippen LogP contribution >= 0.6 is 0 Å². The number of hydrogen-bond donors (Lipinski definition) is 1. The predicted octanol–water partition coefficient (Wildman–Crippen LogP) is 2.22. The van der Waals surface area contributed by atoms with E-state index in [0.717, 1.165) is 23.9 Å². The minimum absolute atomic E-state index is 0.224. The van der Waals surface area contributed by atoms with Crippen LogP contribution in [0.25, 0.3) is 0 Å². The number of likely N-dealkylation sites (tertiary alicyclic amines) is 1. The number of carbonyl (C=O) groups is 1. The lowest BCUT2D eigenvalue weighted by Gasteiger charge is -2.41. The standard InChI is InChI=1S/C19H31N3O4S/c1-14(2)26-19(23)22-11-7-10-17(20-27(5,24)25)18(22)13-15-8-6-9-16(12-15)21(3)4/h6,8-9,12,14,17-18,20H,7,10-11,13H2,1-5H3. The van der Waals surface area contributed by atoms with E-state index in [0.29, 0.717) is 19.4 Å². The van der Waals surface area contributed by atoms with Crippen LogP contribution in [-0.2, 0) is 21.2 Å². The highest BCUT2D eigenvalue weighted by Gasteiger charge is 2.36. The lowest BCUT2D eigenvalue weighted by atomic mass is 9.91. The summed E-state index contributed by atoms with van der Waals surface area (Å²) in [5.41, 5.74) is 2.11. The van der Waals surface area contributed by atoms with E-state index in [1.165, 1.54) is 0 Å². The molecule has 1 aromatic carbocycles. The predicted molar refractivity (Wildman–Crippen MR) is 108 cm³/mol. The summed E-state index contributed by atoms with van der Waals surface area (Å²) in [6.45, 7) is 4.18. The summed E-state index contributed by atoms with van der Waals surface area (Å²) < 4.78 is 31.8. The Morgan fingerprint density at radius 3 is 2.67 bits per heavy atom. The minimum atomic E-state index is -3.38. The quantitative estimate of drug-likeness (QED) is 0.796. The molecule has 0 aromatic heterocycles. The van der Waals surface area contributed by atoms with Gasteiger partial charge in [0.25, 0.3) is 0 Å². The van der Waals surface area contributed by atoms with Gasteiger partial charge in [0.05, 0.1) is 18.4 Å². The second-order valence-electron chi connectivity index (χ2n) is 7.60. The van der Waals surface area contributed by atoms with E-state index in [1.54, 1.807) is 4.90 Å². The van der Waals surface area contributed by atoms with Crippen molar-refractivity contribution in [3.63, 3.8) is 0 Å². The van der Waals surface area contributed by atoms with E-state index in [-0.39, 0.29) is 18.2 Å². The Kier molecular flexibility index (Phi) is 7.11. The molecule has 7 nitrogen and oxygen atoms in total. The van der Waals surface area contributed by atoms with Crippen LogP contribution in [0.15, 0.2) is 24.3 Å². The highest BCUT2D eigenvalue weighted by Crippen LogP contribution is 2.25. The second kappa shape index (κ2) is 8.93. The van der Waals surface area contributed by atoms with Crippen molar-refractivity contribution >= 4 is 21.8 Å². The number of piperidine rings is 1. The summed E-state index contributed by atoms with van der Waals surface area (Å²) in [6.07, 6.45) is 2.52. The van der Waals surface area contributed by atoms with E-state index in [4.69, 9.17) is 4.74 Å². The van der Waals surface area contributed by atoms with E-state index < -0.39 is 16.1 Å². The molecule has 152 valence electrons. The van der Waals surface area contributed by atoms with Gasteiger partial charge in [-0.3, -0.25) is 0 Å². The van der Waals surface area contributed by atoms with Gasteiger partial charge in [-0.15, -0.1) is 0 Å². The van der Waals surface area contributed by atoms with Crippen LogP contribution in [0.1, 0.15) is 32.3 Å². The number of hydrogen-bond acceptors (Lipinski definition) is 5. The molecule has 2 rings (SSSR count). The highest BCUT2D eigenvalue weighted by molar-refractivity contribution is 7.88. The smallest absolute Gasteiger partial charge is 0.410 e. The van der Waals surface area contributed by atoms with Gasteiger partial charge in [0.2, 0.25) is 10.0 Å².